The van der Waals surface area contributed by atoms with Gasteiger partial charge in [0.05, 0.1) is 5.56 Å². The summed E-state index contributed by atoms with van der Waals surface area (Å²) in [6.07, 6.45) is 1.77. The molecule has 6 heteroatoms. The van der Waals surface area contributed by atoms with Crippen molar-refractivity contribution in [2.75, 3.05) is 22.1 Å². The zero-order valence-corrected chi connectivity index (χ0v) is 20.0. The summed E-state index contributed by atoms with van der Waals surface area (Å²) in [5.41, 5.74) is 6.48. The highest BCUT2D eigenvalue weighted by Crippen LogP contribution is 2.30. The number of nitrogens with zero attached hydrogens (tertiary/aromatic N) is 1. The van der Waals surface area contributed by atoms with Gasteiger partial charge in [-0.1, -0.05) is 48.9 Å². The predicted octanol–water partition coefficient (Wildman–Crippen LogP) is 5.73. The highest BCUT2D eigenvalue weighted by atomic mass is 16.2. The lowest BCUT2D eigenvalue weighted by molar-refractivity contribution is 0.0939. The molecule has 0 saturated heterocycles. The molecule has 0 aromatic heterocycles. The maximum absolute atomic E-state index is 13.2. The minimum Gasteiger partial charge on any atom is -0.366 e. The van der Waals surface area contributed by atoms with Crippen LogP contribution in [0.1, 0.15) is 47.3 Å². The lowest BCUT2D eigenvalue weighted by Crippen LogP contribution is -2.36. The van der Waals surface area contributed by atoms with Crippen LogP contribution < -0.4 is 20.9 Å². The number of hydrogen-bond acceptors (Lipinski definition) is 3. The topological polar surface area (TPSA) is 73.5 Å². The van der Waals surface area contributed by atoms with Gasteiger partial charge >= 0.3 is 6.03 Å². The van der Waals surface area contributed by atoms with Crippen LogP contribution in [0.25, 0.3) is 0 Å². The summed E-state index contributed by atoms with van der Waals surface area (Å²) in [6, 6.07) is 21.3. The third kappa shape index (κ3) is 5.57. The molecule has 34 heavy (non-hydrogen) atoms. The van der Waals surface area contributed by atoms with Gasteiger partial charge < -0.3 is 20.9 Å². The molecule has 6 nitrogen and oxygen atoms in total. The average molecular weight is 457 g/mol. The molecule has 3 N–H and O–H groups in total. The molecule has 1 aliphatic rings. The van der Waals surface area contributed by atoms with E-state index >= 15 is 0 Å². The fraction of sp³-hybridized carbons (Fsp3) is 0.286. The Balaban J connectivity index is 1.57. The summed E-state index contributed by atoms with van der Waals surface area (Å²) >= 11 is 0. The van der Waals surface area contributed by atoms with Crippen molar-refractivity contribution in [1.82, 2.24) is 5.32 Å². The van der Waals surface area contributed by atoms with Crippen molar-refractivity contribution in [3.63, 3.8) is 0 Å². The molecule has 0 saturated carbocycles. The van der Waals surface area contributed by atoms with Crippen molar-refractivity contribution in [2.45, 2.75) is 46.2 Å². The lowest BCUT2D eigenvalue weighted by Gasteiger charge is -2.32. The molecule has 1 heterocycles. The van der Waals surface area contributed by atoms with Crippen molar-refractivity contribution in [3.8, 4) is 0 Å². The van der Waals surface area contributed by atoms with Gasteiger partial charge in [0, 0.05) is 36.2 Å². The van der Waals surface area contributed by atoms with Crippen LogP contribution in [-0.4, -0.2) is 24.5 Å². The van der Waals surface area contributed by atoms with Crippen molar-refractivity contribution >= 4 is 29.0 Å². The Labute approximate surface area is 201 Å². The van der Waals surface area contributed by atoms with E-state index in [1.165, 1.54) is 11.1 Å². The minimum atomic E-state index is -0.350. The second-order valence-electron chi connectivity index (χ2n) is 8.90. The van der Waals surface area contributed by atoms with Gasteiger partial charge in [-0.05, 0) is 68.1 Å². The summed E-state index contributed by atoms with van der Waals surface area (Å²) in [5.74, 6) is -0.134. The molecule has 0 unspecified atom stereocenters. The van der Waals surface area contributed by atoms with Crippen LogP contribution in [0, 0.1) is 6.92 Å². The van der Waals surface area contributed by atoms with E-state index in [9.17, 15) is 9.59 Å². The number of aryl methyl sites for hydroxylation is 1. The summed E-state index contributed by atoms with van der Waals surface area (Å²) in [5, 5.41) is 8.78. The van der Waals surface area contributed by atoms with E-state index in [2.05, 4.69) is 45.1 Å². The van der Waals surface area contributed by atoms with Crippen molar-refractivity contribution < 1.29 is 9.59 Å². The fourth-order valence-corrected chi connectivity index (χ4v) is 4.11. The van der Waals surface area contributed by atoms with Gasteiger partial charge in [0.25, 0.3) is 5.91 Å². The molecule has 0 bridgehead atoms. The molecular formula is C28H32N4O2. The van der Waals surface area contributed by atoms with Gasteiger partial charge in [-0.25, -0.2) is 4.79 Å². The maximum atomic E-state index is 13.2. The lowest BCUT2D eigenvalue weighted by atomic mass is 9.98. The van der Waals surface area contributed by atoms with Crippen molar-refractivity contribution in [2.24, 2.45) is 0 Å². The standard InChI is InChI=1S/C28H32N4O2/c1-4-20(3)29-27(33)25-17-24(31-28(34)30-23-11-9-19(2)10-12-23)13-14-26(25)32-16-15-21-7-5-6-8-22(21)18-32/h5-14,17,20H,4,15-16,18H2,1-3H3,(H,29,33)(H2,30,31,34)/t20-/m1/s1. The fourth-order valence-electron chi connectivity index (χ4n) is 4.11. The van der Waals surface area contributed by atoms with Gasteiger partial charge in [0.1, 0.15) is 0 Å². The Kier molecular flexibility index (Phi) is 7.16. The van der Waals surface area contributed by atoms with Crippen LogP contribution in [0.4, 0.5) is 21.9 Å². The van der Waals surface area contributed by atoms with Gasteiger partial charge in [0.15, 0.2) is 0 Å². The maximum Gasteiger partial charge on any atom is 0.323 e. The largest absolute Gasteiger partial charge is 0.366 e. The Hall–Kier alpha value is -3.80. The zero-order valence-electron chi connectivity index (χ0n) is 20.0. The van der Waals surface area contributed by atoms with E-state index in [0.717, 1.165) is 37.2 Å². The third-order valence-electron chi connectivity index (χ3n) is 6.27. The number of rotatable bonds is 6. The summed E-state index contributed by atoms with van der Waals surface area (Å²) < 4.78 is 0. The van der Waals surface area contributed by atoms with Crippen LogP contribution in [0.15, 0.2) is 66.7 Å². The first kappa shape index (κ1) is 23.4. The second-order valence-corrected chi connectivity index (χ2v) is 8.90. The summed E-state index contributed by atoms with van der Waals surface area (Å²) in [7, 11) is 0. The van der Waals surface area contributed by atoms with Gasteiger partial charge in [-0.3, -0.25) is 4.79 Å². The van der Waals surface area contributed by atoms with Gasteiger partial charge in [-0.2, -0.15) is 0 Å². The second kappa shape index (κ2) is 10.4. The number of urea groups is 1. The molecule has 0 radical (unpaired) electrons. The molecule has 1 aliphatic heterocycles. The van der Waals surface area contributed by atoms with Crippen molar-refractivity contribution in [3.05, 3.63) is 89.0 Å². The Morgan fingerprint density at radius 3 is 2.35 bits per heavy atom. The van der Waals surface area contributed by atoms with Gasteiger partial charge in [0.2, 0.25) is 0 Å². The van der Waals surface area contributed by atoms with Crippen LogP contribution in [0.5, 0.6) is 0 Å². The quantitative estimate of drug-likeness (QED) is 0.443. The summed E-state index contributed by atoms with van der Waals surface area (Å²) in [4.78, 5) is 28.0. The molecule has 3 aromatic rings. The smallest absolute Gasteiger partial charge is 0.323 e. The van der Waals surface area contributed by atoms with E-state index in [0.29, 0.717) is 16.9 Å². The predicted molar refractivity (Wildman–Crippen MR) is 139 cm³/mol. The van der Waals surface area contributed by atoms with Gasteiger partial charge in [-0.15, -0.1) is 0 Å². The van der Waals surface area contributed by atoms with E-state index in [-0.39, 0.29) is 18.0 Å². The number of carbonyl (C=O) groups is 2. The van der Waals surface area contributed by atoms with E-state index < -0.39 is 0 Å². The molecule has 3 amide bonds. The first-order valence-corrected chi connectivity index (χ1v) is 11.8. The average Bonchev–Trinajstić information content (AvgIpc) is 2.85. The number of benzene rings is 3. The molecule has 176 valence electrons. The SMILES string of the molecule is CC[C@@H](C)NC(=O)c1cc(NC(=O)Nc2ccc(C)cc2)ccc1N1CCc2ccccc2C1. The van der Waals surface area contributed by atoms with Crippen LogP contribution in [-0.2, 0) is 13.0 Å². The van der Waals surface area contributed by atoms with Crippen molar-refractivity contribution in [1.29, 1.82) is 0 Å². The van der Waals surface area contributed by atoms with E-state index in [1.54, 1.807) is 6.07 Å². The molecule has 3 aromatic carbocycles. The number of carbonyl (C=O) groups excluding carboxylic acids is 2. The first-order valence-electron chi connectivity index (χ1n) is 11.8. The Bertz CT molecular complexity index is 1170. The number of fused-ring (bicyclic) bond motifs is 1. The number of amides is 3. The monoisotopic (exact) mass is 456 g/mol. The molecule has 4 rings (SSSR count). The highest BCUT2D eigenvalue weighted by molar-refractivity contribution is 6.04. The van der Waals surface area contributed by atoms with Crippen LogP contribution >= 0.6 is 0 Å². The molecule has 0 fully saturated rings. The van der Waals surface area contributed by atoms with E-state index in [4.69, 9.17) is 0 Å². The summed E-state index contributed by atoms with van der Waals surface area (Å²) in [6.45, 7) is 7.62. The minimum absolute atomic E-state index is 0.0592. The molecule has 0 spiro atoms. The molecule has 0 aliphatic carbocycles. The van der Waals surface area contributed by atoms with E-state index in [1.807, 2.05) is 57.2 Å². The number of anilines is 3. The zero-order chi connectivity index (χ0) is 24.1. The van der Waals surface area contributed by atoms with Crippen LogP contribution in [0.3, 0.4) is 0 Å². The normalized spacial score (nSPS) is 13.6. The highest BCUT2D eigenvalue weighted by Gasteiger charge is 2.22. The number of hydrogen-bond donors (Lipinski definition) is 3. The number of nitrogens with one attached hydrogen (secondary N) is 3. The van der Waals surface area contributed by atoms with Crippen LogP contribution in [0.2, 0.25) is 0 Å². The Morgan fingerprint density at radius 2 is 1.62 bits per heavy atom. The molecular weight excluding hydrogens is 424 g/mol. The Morgan fingerprint density at radius 1 is 0.941 bits per heavy atom. The third-order valence-corrected chi connectivity index (χ3v) is 6.27. The molecule has 1 atom stereocenters. The first-order chi connectivity index (χ1) is 16.4.